The molecule has 24 heavy (non-hydrogen) atoms. The fraction of sp³-hybridized carbons (Fsp3) is 0.619. The zero-order valence-electron chi connectivity index (χ0n) is 15.0. The first-order chi connectivity index (χ1) is 11.5. The molecule has 1 saturated carbocycles. The minimum Gasteiger partial charge on any atom is -0.507 e. The van der Waals surface area contributed by atoms with E-state index in [2.05, 4.69) is 26.8 Å². The van der Waals surface area contributed by atoms with Crippen LogP contribution in [0.1, 0.15) is 76.3 Å². The Bertz CT molecular complexity index is 683. The maximum absolute atomic E-state index is 10.8. The SMILES string of the molecule is CC(c1cc(O)c2c(c1)OC(C)(C)C1=C2CCS1)C1CCCCC1. The van der Waals surface area contributed by atoms with E-state index >= 15 is 0 Å². The summed E-state index contributed by atoms with van der Waals surface area (Å²) < 4.78 is 6.35. The molecule has 2 heterocycles. The standard InChI is InChI=1S/C21H28O2S/c1-13(14-7-5-4-6-8-14)15-11-17(22)19-16-9-10-24-20(16)21(2,3)23-18(19)12-15/h11-14,22H,4-10H2,1-3H3. The lowest BCUT2D eigenvalue weighted by Crippen LogP contribution is -2.32. The summed E-state index contributed by atoms with van der Waals surface area (Å²) in [7, 11) is 0. The van der Waals surface area contributed by atoms with Crippen molar-refractivity contribution in [1.29, 1.82) is 0 Å². The lowest BCUT2D eigenvalue weighted by Gasteiger charge is -2.35. The third-order valence-corrected chi connectivity index (χ3v) is 7.51. The number of phenols is 1. The Balaban J connectivity index is 1.73. The Kier molecular flexibility index (Phi) is 4.11. The van der Waals surface area contributed by atoms with Crippen LogP contribution in [0.2, 0.25) is 0 Å². The van der Waals surface area contributed by atoms with Crippen LogP contribution < -0.4 is 4.74 Å². The maximum atomic E-state index is 10.8. The molecule has 1 aromatic carbocycles. The number of thioether (sulfide) groups is 1. The smallest absolute Gasteiger partial charge is 0.134 e. The van der Waals surface area contributed by atoms with E-state index in [1.54, 1.807) is 0 Å². The Hall–Kier alpha value is -1.09. The van der Waals surface area contributed by atoms with E-state index in [-0.39, 0.29) is 5.60 Å². The molecule has 0 spiro atoms. The van der Waals surface area contributed by atoms with Crippen LogP contribution in [0.5, 0.6) is 11.5 Å². The molecule has 0 amide bonds. The van der Waals surface area contributed by atoms with Crippen LogP contribution >= 0.6 is 11.8 Å². The van der Waals surface area contributed by atoms with Crippen molar-refractivity contribution in [1.82, 2.24) is 0 Å². The fourth-order valence-corrected chi connectivity index (χ4v) is 6.01. The van der Waals surface area contributed by atoms with Crippen molar-refractivity contribution in [2.75, 3.05) is 5.75 Å². The summed E-state index contributed by atoms with van der Waals surface area (Å²) in [4.78, 5) is 1.30. The molecule has 2 nitrogen and oxygen atoms in total. The first kappa shape index (κ1) is 16.4. The van der Waals surface area contributed by atoms with E-state index < -0.39 is 0 Å². The second-order valence-corrected chi connectivity index (χ2v) is 9.22. The third-order valence-electron chi connectivity index (χ3n) is 6.07. The zero-order valence-corrected chi connectivity index (χ0v) is 15.8. The highest BCUT2D eigenvalue weighted by atomic mass is 32.2. The van der Waals surface area contributed by atoms with E-state index in [0.717, 1.165) is 29.4 Å². The molecule has 1 N–H and O–H groups in total. The van der Waals surface area contributed by atoms with Gasteiger partial charge in [0.1, 0.15) is 17.1 Å². The molecule has 4 rings (SSSR count). The molecule has 1 fully saturated rings. The van der Waals surface area contributed by atoms with Gasteiger partial charge in [-0.1, -0.05) is 26.2 Å². The largest absolute Gasteiger partial charge is 0.507 e. The second-order valence-electron chi connectivity index (χ2n) is 8.12. The van der Waals surface area contributed by atoms with Crippen LogP contribution in [-0.4, -0.2) is 16.5 Å². The fourth-order valence-electron chi connectivity index (χ4n) is 4.73. The van der Waals surface area contributed by atoms with Crippen molar-refractivity contribution in [2.45, 2.75) is 70.8 Å². The normalized spacial score (nSPS) is 24.3. The number of hydrogen-bond acceptors (Lipinski definition) is 3. The summed E-state index contributed by atoms with van der Waals surface area (Å²) >= 11 is 1.88. The molecule has 0 bridgehead atoms. The third kappa shape index (κ3) is 2.65. The van der Waals surface area contributed by atoms with E-state index in [9.17, 15) is 5.11 Å². The Morgan fingerprint density at radius 2 is 1.96 bits per heavy atom. The molecule has 130 valence electrons. The van der Waals surface area contributed by atoms with Gasteiger partial charge in [0, 0.05) is 10.7 Å². The van der Waals surface area contributed by atoms with Crippen molar-refractivity contribution >= 4 is 17.3 Å². The summed E-state index contributed by atoms with van der Waals surface area (Å²) in [6.07, 6.45) is 7.75. The van der Waals surface area contributed by atoms with E-state index in [4.69, 9.17) is 4.74 Å². The molecule has 2 aliphatic heterocycles. The Morgan fingerprint density at radius 3 is 2.71 bits per heavy atom. The van der Waals surface area contributed by atoms with Gasteiger partial charge < -0.3 is 9.84 Å². The van der Waals surface area contributed by atoms with Gasteiger partial charge in [0.05, 0.1) is 5.56 Å². The lowest BCUT2D eigenvalue weighted by atomic mass is 9.77. The predicted molar refractivity (Wildman–Crippen MR) is 102 cm³/mol. The second kappa shape index (κ2) is 6.01. The average Bonchev–Trinajstić information content (AvgIpc) is 3.04. The molecule has 1 unspecified atom stereocenters. The van der Waals surface area contributed by atoms with Crippen molar-refractivity contribution in [2.24, 2.45) is 5.92 Å². The predicted octanol–water partition coefficient (Wildman–Crippen LogP) is 6.10. The minimum atomic E-state index is -0.275. The minimum absolute atomic E-state index is 0.275. The molecule has 0 aromatic heterocycles. The van der Waals surface area contributed by atoms with Crippen molar-refractivity contribution in [3.8, 4) is 11.5 Å². The number of hydrogen-bond donors (Lipinski definition) is 1. The summed E-state index contributed by atoms with van der Waals surface area (Å²) in [5.74, 6) is 3.62. The number of phenolic OH excluding ortho intramolecular Hbond substituents is 1. The van der Waals surface area contributed by atoms with E-state index in [0.29, 0.717) is 11.7 Å². The van der Waals surface area contributed by atoms with Gasteiger partial charge in [0.25, 0.3) is 0 Å². The van der Waals surface area contributed by atoms with Crippen LogP contribution in [0.25, 0.3) is 5.57 Å². The molecule has 0 saturated heterocycles. The summed E-state index contributed by atoms with van der Waals surface area (Å²) in [5.41, 5.74) is 3.22. The van der Waals surface area contributed by atoms with Gasteiger partial charge in [-0.25, -0.2) is 0 Å². The summed E-state index contributed by atoms with van der Waals surface area (Å²) in [5, 5.41) is 10.8. The Labute approximate surface area is 149 Å². The molecule has 3 heteroatoms. The van der Waals surface area contributed by atoms with Crippen LogP contribution in [-0.2, 0) is 0 Å². The lowest BCUT2D eigenvalue weighted by molar-refractivity contribution is 0.153. The Morgan fingerprint density at radius 1 is 1.21 bits per heavy atom. The molecule has 1 aromatic rings. The first-order valence-corrected chi connectivity index (χ1v) is 10.4. The average molecular weight is 345 g/mol. The van der Waals surface area contributed by atoms with Gasteiger partial charge in [0.2, 0.25) is 0 Å². The molecule has 1 atom stereocenters. The number of benzene rings is 1. The van der Waals surface area contributed by atoms with Gasteiger partial charge in [0.15, 0.2) is 0 Å². The molecule has 0 radical (unpaired) electrons. The number of allylic oxidation sites excluding steroid dienone is 1. The van der Waals surface area contributed by atoms with Crippen LogP contribution in [0.4, 0.5) is 0 Å². The molecular formula is C21H28O2S. The number of ether oxygens (including phenoxy) is 1. The molecule has 3 aliphatic rings. The molecule has 1 aliphatic carbocycles. The molecular weight excluding hydrogens is 316 g/mol. The summed E-state index contributed by atoms with van der Waals surface area (Å²) in [6, 6.07) is 4.22. The van der Waals surface area contributed by atoms with Gasteiger partial charge >= 0.3 is 0 Å². The van der Waals surface area contributed by atoms with Gasteiger partial charge in [-0.05, 0) is 68.2 Å². The van der Waals surface area contributed by atoms with Crippen LogP contribution in [0, 0.1) is 5.92 Å². The van der Waals surface area contributed by atoms with Gasteiger partial charge in [-0.3, -0.25) is 0 Å². The maximum Gasteiger partial charge on any atom is 0.134 e. The van der Waals surface area contributed by atoms with Crippen molar-refractivity contribution in [3.05, 3.63) is 28.2 Å². The number of aromatic hydroxyl groups is 1. The van der Waals surface area contributed by atoms with Crippen LogP contribution in [0.3, 0.4) is 0 Å². The monoisotopic (exact) mass is 344 g/mol. The zero-order chi connectivity index (χ0) is 16.9. The highest BCUT2D eigenvalue weighted by molar-refractivity contribution is 8.03. The van der Waals surface area contributed by atoms with E-state index in [1.165, 1.54) is 48.1 Å². The van der Waals surface area contributed by atoms with Crippen molar-refractivity contribution in [3.63, 3.8) is 0 Å². The first-order valence-electron chi connectivity index (χ1n) is 9.40. The van der Waals surface area contributed by atoms with Gasteiger partial charge in [-0.2, -0.15) is 0 Å². The number of rotatable bonds is 2. The number of fused-ring (bicyclic) bond motifs is 2. The van der Waals surface area contributed by atoms with Crippen molar-refractivity contribution < 1.29 is 9.84 Å². The quantitative estimate of drug-likeness (QED) is 0.703. The van der Waals surface area contributed by atoms with Gasteiger partial charge in [-0.15, -0.1) is 11.8 Å². The highest BCUT2D eigenvalue weighted by Gasteiger charge is 2.39. The van der Waals surface area contributed by atoms with E-state index in [1.807, 2.05) is 17.8 Å². The topological polar surface area (TPSA) is 29.5 Å². The van der Waals surface area contributed by atoms with Crippen LogP contribution in [0.15, 0.2) is 17.0 Å². The highest BCUT2D eigenvalue weighted by Crippen LogP contribution is 2.54. The summed E-state index contributed by atoms with van der Waals surface area (Å²) in [6.45, 7) is 6.62.